The van der Waals surface area contributed by atoms with Crippen molar-refractivity contribution < 1.29 is 19.1 Å². The average molecular weight is 377 g/mol. The van der Waals surface area contributed by atoms with Crippen LogP contribution in [-0.2, 0) is 9.47 Å². The SMILES string of the molecule is COC(=O)c1c(-c2ccccc2)cc(-c2ccccc2)n1C(=O)OC(C)(C)C. The number of carbonyl (C=O) groups is 2. The van der Waals surface area contributed by atoms with E-state index in [1.807, 2.05) is 66.7 Å². The van der Waals surface area contributed by atoms with Gasteiger partial charge in [-0.1, -0.05) is 60.7 Å². The maximum Gasteiger partial charge on any atom is 0.419 e. The number of ether oxygens (including phenoxy) is 2. The molecule has 0 N–H and O–H groups in total. The predicted octanol–water partition coefficient (Wildman–Crippen LogP) is 5.39. The molecule has 0 bridgehead atoms. The number of carbonyl (C=O) groups excluding carboxylic acids is 2. The molecule has 0 atom stereocenters. The second kappa shape index (κ2) is 7.72. The van der Waals surface area contributed by atoms with Crippen LogP contribution in [0.2, 0.25) is 0 Å². The number of rotatable bonds is 3. The molecule has 1 aromatic heterocycles. The van der Waals surface area contributed by atoms with Gasteiger partial charge in [0.1, 0.15) is 11.3 Å². The highest BCUT2D eigenvalue weighted by Crippen LogP contribution is 2.34. The van der Waals surface area contributed by atoms with E-state index in [-0.39, 0.29) is 5.69 Å². The fourth-order valence-corrected chi connectivity index (χ4v) is 2.96. The third-order valence-electron chi connectivity index (χ3n) is 4.11. The Labute approximate surface area is 164 Å². The molecular weight excluding hydrogens is 354 g/mol. The molecule has 5 heteroatoms. The maximum absolute atomic E-state index is 13.1. The van der Waals surface area contributed by atoms with Crippen LogP contribution in [0.15, 0.2) is 66.7 Å². The summed E-state index contributed by atoms with van der Waals surface area (Å²) in [6.07, 6.45) is -0.631. The normalized spacial score (nSPS) is 11.1. The minimum Gasteiger partial charge on any atom is -0.464 e. The highest BCUT2D eigenvalue weighted by Gasteiger charge is 2.30. The Bertz CT molecular complexity index is 983. The van der Waals surface area contributed by atoms with Crippen LogP contribution in [0.25, 0.3) is 22.4 Å². The van der Waals surface area contributed by atoms with Crippen LogP contribution in [0.5, 0.6) is 0 Å². The van der Waals surface area contributed by atoms with Crippen LogP contribution in [-0.4, -0.2) is 29.3 Å². The Balaban J connectivity index is 2.31. The number of esters is 1. The molecule has 0 amide bonds. The molecule has 144 valence electrons. The van der Waals surface area contributed by atoms with Crippen molar-refractivity contribution in [2.75, 3.05) is 7.11 Å². The predicted molar refractivity (Wildman–Crippen MR) is 108 cm³/mol. The van der Waals surface area contributed by atoms with Gasteiger partial charge in [-0.3, -0.25) is 0 Å². The van der Waals surface area contributed by atoms with E-state index in [2.05, 4.69) is 0 Å². The zero-order valence-corrected chi connectivity index (χ0v) is 16.4. The number of hydrogen-bond acceptors (Lipinski definition) is 4. The van der Waals surface area contributed by atoms with Crippen molar-refractivity contribution in [1.82, 2.24) is 4.57 Å². The first kappa shape index (κ1) is 19.4. The van der Waals surface area contributed by atoms with Gasteiger partial charge in [0.05, 0.1) is 12.8 Å². The third-order valence-corrected chi connectivity index (χ3v) is 4.11. The van der Waals surface area contributed by atoms with Crippen LogP contribution in [0.4, 0.5) is 4.79 Å². The summed E-state index contributed by atoms with van der Waals surface area (Å²) in [5.74, 6) is -0.605. The summed E-state index contributed by atoms with van der Waals surface area (Å²) in [5.41, 5.74) is 2.20. The largest absolute Gasteiger partial charge is 0.464 e. The number of nitrogens with zero attached hydrogens (tertiary/aromatic N) is 1. The van der Waals surface area contributed by atoms with Crippen molar-refractivity contribution in [3.63, 3.8) is 0 Å². The van der Waals surface area contributed by atoms with Crippen LogP contribution >= 0.6 is 0 Å². The molecular formula is C23H23NO4. The maximum atomic E-state index is 13.1. The fourth-order valence-electron chi connectivity index (χ4n) is 2.96. The Morgan fingerprint density at radius 2 is 1.39 bits per heavy atom. The molecule has 28 heavy (non-hydrogen) atoms. The number of benzene rings is 2. The summed E-state index contributed by atoms with van der Waals surface area (Å²) in [6, 6.07) is 20.6. The lowest BCUT2D eigenvalue weighted by atomic mass is 10.0. The molecule has 0 aliphatic heterocycles. The molecule has 0 fully saturated rings. The van der Waals surface area contributed by atoms with E-state index in [9.17, 15) is 9.59 Å². The molecule has 0 unspecified atom stereocenters. The standard InChI is InChI=1S/C23H23NO4/c1-23(2,3)28-22(26)24-19(17-13-9-6-10-14-17)15-18(20(24)21(25)27-4)16-11-7-5-8-12-16/h5-15H,1-4H3. The van der Waals surface area contributed by atoms with Crippen LogP contribution < -0.4 is 0 Å². The van der Waals surface area contributed by atoms with Crippen LogP contribution in [0.1, 0.15) is 31.3 Å². The van der Waals surface area contributed by atoms with E-state index < -0.39 is 17.7 Å². The lowest BCUT2D eigenvalue weighted by molar-refractivity contribution is 0.0486. The number of aromatic nitrogens is 1. The van der Waals surface area contributed by atoms with Crippen molar-refractivity contribution >= 4 is 12.1 Å². The van der Waals surface area contributed by atoms with Gasteiger partial charge in [-0.25, -0.2) is 14.2 Å². The van der Waals surface area contributed by atoms with Gasteiger partial charge in [0.15, 0.2) is 0 Å². The average Bonchev–Trinajstić information content (AvgIpc) is 3.08. The van der Waals surface area contributed by atoms with Crippen molar-refractivity contribution in [2.24, 2.45) is 0 Å². The van der Waals surface area contributed by atoms with Crippen molar-refractivity contribution in [3.8, 4) is 22.4 Å². The molecule has 0 aliphatic carbocycles. The van der Waals surface area contributed by atoms with Crippen molar-refractivity contribution in [1.29, 1.82) is 0 Å². The molecule has 2 aromatic carbocycles. The summed E-state index contributed by atoms with van der Waals surface area (Å²) in [6.45, 7) is 5.35. The summed E-state index contributed by atoms with van der Waals surface area (Å²) < 4.78 is 11.9. The van der Waals surface area contributed by atoms with Gasteiger partial charge >= 0.3 is 12.1 Å². The Morgan fingerprint density at radius 1 is 0.857 bits per heavy atom. The second-order valence-corrected chi connectivity index (χ2v) is 7.33. The van der Waals surface area contributed by atoms with E-state index in [1.165, 1.54) is 11.7 Å². The number of methoxy groups -OCH3 is 1. The van der Waals surface area contributed by atoms with E-state index in [4.69, 9.17) is 9.47 Å². The monoisotopic (exact) mass is 377 g/mol. The molecule has 0 saturated heterocycles. The van der Waals surface area contributed by atoms with E-state index >= 15 is 0 Å². The minimum absolute atomic E-state index is 0.141. The van der Waals surface area contributed by atoms with Gasteiger partial charge in [-0.15, -0.1) is 0 Å². The first-order chi connectivity index (χ1) is 13.3. The molecule has 3 rings (SSSR count). The summed E-state index contributed by atoms with van der Waals surface area (Å²) >= 11 is 0. The van der Waals surface area contributed by atoms with Gasteiger partial charge in [-0.2, -0.15) is 0 Å². The quantitative estimate of drug-likeness (QED) is 0.574. The zero-order valence-electron chi connectivity index (χ0n) is 16.4. The summed E-state index contributed by atoms with van der Waals surface area (Å²) in [5, 5.41) is 0. The third kappa shape index (κ3) is 3.98. The molecule has 0 radical (unpaired) electrons. The minimum atomic E-state index is -0.713. The van der Waals surface area contributed by atoms with Gasteiger partial charge in [0.25, 0.3) is 0 Å². The van der Waals surface area contributed by atoms with Crippen molar-refractivity contribution in [3.05, 3.63) is 72.4 Å². The van der Waals surface area contributed by atoms with Gasteiger partial charge in [0, 0.05) is 5.56 Å². The molecule has 1 heterocycles. The topological polar surface area (TPSA) is 57.5 Å². The zero-order chi connectivity index (χ0) is 20.3. The van der Waals surface area contributed by atoms with Gasteiger partial charge < -0.3 is 9.47 Å². The summed E-state index contributed by atoms with van der Waals surface area (Å²) in [4.78, 5) is 25.8. The Kier molecular flexibility index (Phi) is 5.36. The first-order valence-corrected chi connectivity index (χ1v) is 9.00. The molecule has 5 nitrogen and oxygen atoms in total. The molecule has 3 aromatic rings. The van der Waals surface area contributed by atoms with E-state index in [0.717, 1.165) is 11.1 Å². The molecule has 0 aliphatic rings. The fraction of sp³-hybridized carbons (Fsp3) is 0.217. The van der Waals surface area contributed by atoms with E-state index in [0.29, 0.717) is 11.3 Å². The van der Waals surface area contributed by atoms with Crippen molar-refractivity contribution in [2.45, 2.75) is 26.4 Å². The first-order valence-electron chi connectivity index (χ1n) is 9.00. The highest BCUT2D eigenvalue weighted by atomic mass is 16.6. The summed E-state index contributed by atoms with van der Waals surface area (Å²) in [7, 11) is 1.30. The Hall–Kier alpha value is -3.34. The lowest BCUT2D eigenvalue weighted by Crippen LogP contribution is -2.29. The Morgan fingerprint density at radius 3 is 1.89 bits per heavy atom. The van der Waals surface area contributed by atoms with Gasteiger partial charge in [-0.05, 0) is 38.0 Å². The van der Waals surface area contributed by atoms with Crippen LogP contribution in [0.3, 0.4) is 0 Å². The molecule has 0 spiro atoms. The number of hydrogen-bond donors (Lipinski definition) is 0. The van der Waals surface area contributed by atoms with Crippen LogP contribution in [0, 0.1) is 0 Å². The molecule has 0 saturated carbocycles. The highest BCUT2D eigenvalue weighted by molar-refractivity contribution is 6.02. The second-order valence-electron chi connectivity index (χ2n) is 7.33. The van der Waals surface area contributed by atoms with Gasteiger partial charge in [0.2, 0.25) is 0 Å². The van der Waals surface area contributed by atoms with E-state index in [1.54, 1.807) is 20.8 Å². The lowest BCUT2D eigenvalue weighted by Gasteiger charge is -2.21. The smallest absolute Gasteiger partial charge is 0.419 e.